The van der Waals surface area contributed by atoms with E-state index in [1.54, 1.807) is 0 Å². The molecule has 3 aromatic rings. The molecule has 0 aliphatic rings. The van der Waals surface area contributed by atoms with Gasteiger partial charge in [-0.05, 0) is 49.2 Å². The van der Waals surface area contributed by atoms with Gasteiger partial charge in [-0.25, -0.2) is 0 Å². The summed E-state index contributed by atoms with van der Waals surface area (Å²) < 4.78 is 0. The average molecular weight is 339 g/mol. The Morgan fingerprint density at radius 1 is 0.875 bits per heavy atom. The third-order valence-corrected chi connectivity index (χ3v) is 4.16. The highest BCUT2D eigenvalue weighted by Crippen LogP contribution is 2.20. The summed E-state index contributed by atoms with van der Waals surface area (Å²) >= 11 is 0. The van der Waals surface area contributed by atoms with Crippen LogP contribution in [0.3, 0.4) is 0 Å². The first-order valence-electron chi connectivity index (χ1n) is 8.18. The zero-order valence-corrected chi connectivity index (χ0v) is 15.0. The van der Waals surface area contributed by atoms with E-state index in [0.717, 1.165) is 18.6 Å². The molecule has 2 aromatic carbocycles. The van der Waals surface area contributed by atoms with Gasteiger partial charge < -0.3 is 4.90 Å². The van der Waals surface area contributed by atoms with Crippen LogP contribution in [0.15, 0.2) is 60.8 Å². The van der Waals surface area contributed by atoms with Crippen molar-refractivity contribution in [3.05, 3.63) is 71.9 Å². The first kappa shape index (κ1) is 18.0. The van der Waals surface area contributed by atoms with Crippen molar-refractivity contribution < 1.29 is 0 Å². The topological polar surface area (TPSA) is 16.1 Å². The number of pyridine rings is 1. The van der Waals surface area contributed by atoms with Crippen molar-refractivity contribution in [2.24, 2.45) is 0 Å². The molecule has 0 fully saturated rings. The maximum Gasteiger partial charge on any atom is 0.0707 e. The quantitative estimate of drug-likeness (QED) is 0.595. The molecule has 0 unspecified atom stereocenters. The Bertz CT molecular complexity index is 800. The maximum absolute atomic E-state index is 4.41. The normalized spacial score (nSPS) is 10.8. The molecule has 0 atom stereocenters. The Balaban J connectivity index is 0.00000208. The summed E-state index contributed by atoms with van der Waals surface area (Å²) in [4.78, 5) is 6.76. The standard InChI is InChI=1S/C21H22N2.ClH/c1-3-23(4-2)19-13-10-17(11-14-19)9-12-18-15-16-22-21-8-6-5-7-20(18)21;/h5-16H,3-4H2,1-2H3;1H/b12-9+;. The lowest BCUT2D eigenvalue weighted by Gasteiger charge is -2.20. The Morgan fingerprint density at radius 3 is 2.29 bits per heavy atom. The van der Waals surface area contributed by atoms with Crippen molar-refractivity contribution in [1.29, 1.82) is 0 Å². The molecule has 0 saturated heterocycles. The monoisotopic (exact) mass is 338 g/mol. The Hall–Kier alpha value is -2.32. The van der Waals surface area contributed by atoms with E-state index in [2.05, 4.69) is 78.3 Å². The molecular weight excluding hydrogens is 316 g/mol. The van der Waals surface area contributed by atoms with Crippen LogP contribution in [-0.2, 0) is 0 Å². The van der Waals surface area contributed by atoms with Gasteiger partial charge in [0, 0.05) is 30.4 Å². The molecule has 0 bridgehead atoms. The summed E-state index contributed by atoms with van der Waals surface area (Å²) in [5, 5.41) is 1.19. The number of nitrogens with zero attached hydrogens (tertiary/aromatic N) is 2. The lowest BCUT2D eigenvalue weighted by molar-refractivity contribution is 0.866. The van der Waals surface area contributed by atoms with Gasteiger partial charge in [0.05, 0.1) is 5.52 Å². The fourth-order valence-electron chi connectivity index (χ4n) is 2.83. The lowest BCUT2D eigenvalue weighted by atomic mass is 10.1. The van der Waals surface area contributed by atoms with E-state index in [-0.39, 0.29) is 12.4 Å². The zero-order valence-electron chi connectivity index (χ0n) is 14.1. The minimum absolute atomic E-state index is 0. The van der Waals surface area contributed by atoms with E-state index in [0.29, 0.717) is 0 Å². The van der Waals surface area contributed by atoms with Crippen LogP contribution < -0.4 is 4.90 Å². The van der Waals surface area contributed by atoms with Crippen molar-refractivity contribution >= 4 is 41.1 Å². The van der Waals surface area contributed by atoms with Gasteiger partial charge in [-0.15, -0.1) is 12.4 Å². The van der Waals surface area contributed by atoms with Crippen LogP contribution in [0.5, 0.6) is 0 Å². The molecule has 0 spiro atoms. The number of aromatic nitrogens is 1. The summed E-state index contributed by atoms with van der Waals surface area (Å²) in [5.74, 6) is 0. The van der Waals surface area contributed by atoms with Gasteiger partial charge >= 0.3 is 0 Å². The van der Waals surface area contributed by atoms with Crippen LogP contribution in [-0.4, -0.2) is 18.1 Å². The summed E-state index contributed by atoms with van der Waals surface area (Å²) in [6.07, 6.45) is 6.19. The van der Waals surface area contributed by atoms with E-state index in [1.165, 1.54) is 22.2 Å². The second-order valence-corrected chi connectivity index (χ2v) is 5.51. The first-order chi connectivity index (χ1) is 11.3. The van der Waals surface area contributed by atoms with Gasteiger partial charge in [0.2, 0.25) is 0 Å². The second-order valence-electron chi connectivity index (χ2n) is 5.51. The summed E-state index contributed by atoms with van der Waals surface area (Å²) in [6, 6.07) is 19.0. The molecule has 0 N–H and O–H groups in total. The molecular formula is C21H23ClN2. The molecule has 124 valence electrons. The number of para-hydroxylation sites is 1. The molecule has 1 heterocycles. The van der Waals surface area contributed by atoms with Crippen molar-refractivity contribution in [2.75, 3.05) is 18.0 Å². The van der Waals surface area contributed by atoms with Crippen molar-refractivity contribution in [3.63, 3.8) is 0 Å². The third kappa shape index (κ3) is 3.95. The van der Waals surface area contributed by atoms with Crippen LogP contribution in [0.4, 0.5) is 5.69 Å². The number of benzene rings is 2. The van der Waals surface area contributed by atoms with Gasteiger partial charge in [-0.2, -0.15) is 0 Å². The number of halogens is 1. The van der Waals surface area contributed by atoms with Crippen molar-refractivity contribution in [1.82, 2.24) is 4.98 Å². The fraction of sp³-hybridized carbons (Fsp3) is 0.190. The van der Waals surface area contributed by atoms with E-state index in [1.807, 2.05) is 18.3 Å². The highest BCUT2D eigenvalue weighted by Gasteiger charge is 2.01. The molecule has 0 aliphatic carbocycles. The van der Waals surface area contributed by atoms with Gasteiger partial charge in [0.1, 0.15) is 0 Å². The second kappa shape index (κ2) is 8.51. The molecule has 2 nitrogen and oxygen atoms in total. The van der Waals surface area contributed by atoms with Gasteiger partial charge in [0.15, 0.2) is 0 Å². The number of fused-ring (bicyclic) bond motifs is 1. The van der Waals surface area contributed by atoms with Crippen molar-refractivity contribution in [3.8, 4) is 0 Å². The Kier molecular flexibility index (Phi) is 6.39. The van der Waals surface area contributed by atoms with Gasteiger partial charge in [-0.3, -0.25) is 4.98 Å². The van der Waals surface area contributed by atoms with Crippen molar-refractivity contribution in [2.45, 2.75) is 13.8 Å². The minimum atomic E-state index is 0. The van der Waals surface area contributed by atoms with Gasteiger partial charge in [-0.1, -0.05) is 42.5 Å². The molecule has 1 aromatic heterocycles. The summed E-state index contributed by atoms with van der Waals surface area (Å²) in [6.45, 7) is 6.45. The molecule has 3 heteroatoms. The zero-order chi connectivity index (χ0) is 16.1. The highest BCUT2D eigenvalue weighted by molar-refractivity contribution is 5.90. The van der Waals surface area contributed by atoms with Crippen LogP contribution in [0.2, 0.25) is 0 Å². The SMILES string of the molecule is CCN(CC)c1ccc(/C=C/c2ccnc3ccccc23)cc1.Cl. The summed E-state index contributed by atoms with van der Waals surface area (Å²) in [5.41, 5.74) is 4.72. The van der Waals surface area contributed by atoms with E-state index >= 15 is 0 Å². The predicted molar refractivity (Wildman–Crippen MR) is 108 cm³/mol. The van der Waals surface area contributed by atoms with E-state index in [4.69, 9.17) is 0 Å². The summed E-state index contributed by atoms with van der Waals surface area (Å²) in [7, 11) is 0. The minimum Gasteiger partial charge on any atom is -0.372 e. The van der Waals surface area contributed by atoms with Crippen LogP contribution in [0, 0.1) is 0 Å². The largest absolute Gasteiger partial charge is 0.372 e. The molecule has 0 saturated carbocycles. The third-order valence-electron chi connectivity index (χ3n) is 4.16. The van der Waals surface area contributed by atoms with Crippen LogP contribution >= 0.6 is 12.4 Å². The molecule has 0 amide bonds. The number of hydrogen-bond acceptors (Lipinski definition) is 2. The lowest BCUT2D eigenvalue weighted by Crippen LogP contribution is -2.21. The number of anilines is 1. The smallest absolute Gasteiger partial charge is 0.0707 e. The number of hydrogen-bond donors (Lipinski definition) is 0. The van der Waals surface area contributed by atoms with Crippen LogP contribution in [0.25, 0.3) is 23.1 Å². The predicted octanol–water partition coefficient (Wildman–Crippen LogP) is 5.67. The fourth-order valence-corrected chi connectivity index (χ4v) is 2.83. The molecule has 24 heavy (non-hydrogen) atoms. The molecule has 0 radical (unpaired) electrons. The van der Waals surface area contributed by atoms with E-state index < -0.39 is 0 Å². The highest BCUT2D eigenvalue weighted by atomic mass is 35.5. The van der Waals surface area contributed by atoms with Crippen LogP contribution in [0.1, 0.15) is 25.0 Å². The Labute approximate surface area is 150 Å². The first-order valence-corrected chi connectivity index (χ1v) is 8.18. The molecule has 3 rings (SSSR count). The molecule has 0 aliphatic heterocycles. The maximum atomic E-state index is 4.41. The average Bonchev–Trinajstić information content (AvgIpc) is 2.62. The van der Waals surface area contributed by atoms with E-state index in [9.17, 15) is 0 Å². The number of rotatable bonds is 5. The van der Waals surface area contributed by atoms with Gasteiger partial charge in [0.25, 0.3) is 0 Å². The Morgan fingerprint density at radius 2 is 1.58 bits per heavy atom.